The van der Waals surface area contributed by atoms with Crippen LogP contribution in [0.25, 0.3) is 6.08 Å². The summed E-state index contributed by atoms with van der Waals surface area (Å²) in [5.74, 6) is -0.483. The first-order valence-electron chi connectivity index (χ1n) is 11.0. The van der Waals surface area contributed by atoms with Gasteiger partial charge in [0.05, 0.1) is 5.69 Å². The van der Waals surface area contributed by atoms with E-state index in [0.717, 1.165) is 24.0 Å². The first-order chi connectivity index (χ1) is 15.1. The molecule has 0 bridgehead atoms. The Kier molecular flexibility index (Phi) is 5.67. The Morgan fingerprint density at radius 1 is 1.16 bits per heavy atom. The Morgan fingerprint density at radius 2 is 1.88 bits per heavy atom. The summed E-state index contributed by atoms with van der Waals surface area (Å²) >= 11 is 5.36. The number of hydrogen-bond acceptors (Lipinski definition) is 4. The van der Waals surface area contributed by atoms with E-state index in [-0.39, 0.29) is 16.2 Å². The van der Waals surface area contributed by atoms with Crippen molar-refractivity contribution < 1.29 is 9.59 Å². The maximum Gasteiger partial charge on any atom is 0.270 e. The number of nitrogens with zero attached hydrogens (tertiary/aromatic N) is 2. The van der Waals surface area contributed by atoms with Gasteiger partial charge in [-0.1, -0.05) is 38.1 Å². The fraction of sp³-hybridized carbons (Fsp3) is 0.346. The zero-order valence-corrected chi connectivity index (χ0v) is 20.0. The molecule has 2 aliphatic heterocycles. The van der Waals surface area contributed by atoms with Crippen molar-refractivity contribution in [2.75, 3.05) is 16.8 Å². The van der Waals surface area contributed by atoms with Crippen molar-refractivity contribution in [3.05, 3.63) is 64.7 Å². The molecule has 2 amide bonds. The number of nitrogens with one attached hydrogen (secondary N) is 1. The second-order valence-corrected chi connectivity index (χ2v) is 9.62. The standard InChI is InChI=1S/C26H29N3O2S/c1-6-18-9-7-8-10-21(18)29-24(31)20(23(30)27-25(29)32)14-17-11-12-22-19(13-17)16(2)15-26(3,4)28(22)5/h7-14,16H,6,15H2,1-5H3,(H,27,30,32)/b20-14+/t16-/m1/s1. The molecule has 2 aromatic rings. The van der Waals surface area contributed by atoms with Crippen LogP contribution in [0, 0.1) is 0 Å². The summed E-state index contributed by atoms with van der Waals surface area (Å²) in [6, 6.07) is 13.8. The molecule has 0 aromatic heterocycles. The number of para-hydroxylation sites is 1. The van der Waals surface area contributed by atoms with Crippen molar-refractivity contribution in [2.24, 2.45) is 0 Å². The molecule has 0 unspecified atom stereocenters. The highest BCUT2D eigenvalue weighted by atomic mass is 32.1. The molecular weight excluding hydrogens is 418 g/mol. The normalized spacial score (nSPS) is 21.6. The van der Waals surface area contributed by atoms with E-state index in [4.69, 9.17) is 12.2 Å². The summed E-state index contributed by atoms with van der Waals surface area (Å²) < 4.78 is 0. The molecule has 2 aliphatic rings. The van der Waals surface area contributed by atoms with E-state index in [0.29, 0.717) is 11.6 Å². The highest BCUT2D eigenvalue weighted by Crippen LogP contribution is 2.42. The molecule has 6 heteroatoms. The van der Waals surface area contributed by atoms with Gasteiger partial charge in [-0.05, 0) is 85.8 Å². The van der Waals surface area contributed by atoms with Crippen LogP contribution in [0.4, 0.5) is 11.4 Å². The maximum atomic E-state index is 13.4. The number of thiocarbonyl (C=S) groups is 1. The fourth-order valence-electron chi connectivity index (χ4n) is 4.76. The molecule has 0 spiro atoms. The minimum absolute atomic E-state index is 0.0779. The van der Waals surface area contributed by atoms with Gasteiger partial charge < -0.3 is 4.90 Å². The van der Waals surface area contributed by atoms with E-state index >= 15 is 0 Å². The third kappa shape index (κ3) is 3.73. The number of rotatable bonds is 3. The molecule has 1 atom stereocenters. The number of anilines is 2. The van der Waals surface area contributed by atoms with E-state index < -0.39 is 11.8 Å². The molecule has 2 aromatic carbocycles. The fourth-order valence-corrected chi connectivity index (χ4v) is 5.03. The summed E-state index contributed by atoms with van der Waals surface area (Å²) in [5.41, 5.74) is 5.11. The zero-order valence-electron chi connectivity index (χ0n) is 19.2. The van der Waals surface area contributed by atoms with Gasteiger partial charge >= 0.3 is 0 Å². The largest absolute Gasteiger partial charge is 0.369 e. The summed E-state index contributed by atoms with van der Waals surface area (Å²) in [6.45, 7) is 8.75. The Labute approximate surface area is 195 Å². The zero-order chi connectivity index (χ0) is 23.2. The lowest BCUT2D eigenvalue weighted by atomic mass is 9.80. The van der Waals surface area contributed by atoms with Crippen LogP contribution < -0.4 is 15.1 Å². The monoisotopic (exact) mass is 447 g/mol. The van der Waals surface area contributed by atoms with Gasteiger partial charge in [0.1, 0.15) is 5.57 Å². The first kappa shape index (κ1) is 22.2. The van der Waals surface area contributed by atoms with Crippen molar-refractivity contribution in [3.63, 3.8) is 0 Å². The van der Waals surface area contributed by atoms with E-state index in [1.807, 2.05) is 37.3 Å². The second-order valence-electron chi connectivity index (χ2n) is 9.23. The van der Waals surface area contributed by atoms with Gasteiger partial charge in [-0.15, -0.1) is 0 Å². The first-order valence-corrected chi connectivity index (χ1v) is 11.4. The third-order valence-electron chi connectivity index (χ3n) is 6.68. The molecule has 1 N–H and O–H groups in total. The maximum absolute atomic E-state index is 13.4. The van der Waals surface area contributed by atoms with E-state index in [9.17, 15) is 9.59 Å². The number of amides is 2. The van der Waals surface area contributed by atoms with Crippen molar-refractivity contribution >= 4 is 46.6 Å². The van der Waals surface area contributed by atoms with Crippen LogP contribution in [0.2, 0.25) is 0 Å². The van der Waals surface area contributed by atoms with Gasteiger partial charge in [-0.3, -0.25) is 19.8 Å². The van der Waals surface area contributed by atoms with Gasteiger partial charge in [-0.25, -0.2) is 0 Å². The van der Waals surface area contributed by atoms with Crippen molar-refractivity contribution in [3.8, 4) is 0 Å². The Hall–Kier alpha value is -2.99. The lowest BCUT2D eigenvalue weighted by molar-refractivity contribution is -0.122. The molecule has 0 aliphatic carbocycles. The van der Waals surface area contributed by atoms with Gasteiger partial charge in [0, 0.05) is 18.3 Å². The van der Waals surface area contributed by atoms with Crippen molar-refractivity contribution in [1.82, 2.24) is 5.32 Å². The molecule has 32 heavy (non-hydrogen) atoms. The predicted octanol–water partition coefficient (Wildman–Crippen LogP) is 4.80. The summed E-state index contributed by atoms with van der Waals surface area (Å²) in [4.78, 5) is 29.9. The Morgan fingerprint density at radius 3 is 2.59 bits per heavy atom. The Bertz CT molecular complexity index is 1150. The summed E-state index contributed by atoms with van der Waals surface area (Å²) in [5, 5.41) is 2.80. The molecule has 0 saturated carbocycles. The van der Waals surface area contributed by atoms with E-state index in [1.54, 1.807) is 6.08 Å². The molecular formula is C26H29N3O2S. The van der Waals surface area contributed by atoms with Crippen LogP contribution in [0.15, 0.2) is 48.0 Å². The molecule has 5 nitrogen and oxygen atoms in total. The number of carbonyl (C=O) groups is 2. The highest BCUT2D eigenvalue weighted by Gasteiger charge is 2.36. The van der Waals surface area contributed by atoms with Crippen LogP contribution in [0.5, 0.6) is 0 Å². The average Bonchev–Trinajstić information content (AvgIpc) is 2.75. The topological polar surface area (TPSA) is 52.7 Å². The minimum Gasteiger partial charge on any atom is -0.369 e. The number of aryl methyl sites for hydroxylation is 1. The summed E-state index contributed by atoms with van der Waals surface area (Å²) in [6.07, 6.45) is 3.46. The number of benzene rings is 2. The number of carbonyl (C=O) groups excluding carboxylic acids is 2. The molecule has 2 heterocycles. The Balaban J connectivity index is 1.74. The predicted molar refractivity (Wildman–Crippen MR) is 134 cm³/mol. The van der Waals surface area contributed by atoms with Crippen molar-refractivity contribution in [1.29, 1.82) is 0 Å². The van der Waals surface area contributed by atoms with Crippen LogP contribution in [0.1, 0.15) is 56.7 Å². The highest BCUT2D eigenvalue weighted by molar-refractivity contribution is 7.80. The van der Waals surface area contributed by atoms with E-state index in [2.05, 4.69) is 50.2 Å². The number of fused-ring (bicyclic) bond motifs is 1. The van der Waals surface area contributed by atoms with Crippen LogP contribution in [-0.2, 0) is 16.0 Å². The van der Waals surface area contributed by atoms with Gasteiger partial charge in [0.15, 0.2) is 5.11 Å². The molecule has 166 valence electrons. The lowest BCUT2D eigenvalue weighted by Crippen LogP contribution is -2.54. The quantitative estimate of drug-likeness (QED) is 0.417. The molecule has 0 radical (unpaired) electrons. The second kappa shape index (κ2) is 8.17. The van der Waals surface area contributed by atoms with Crippen molar-refractivity contribution in [2.45, 2.75) is 52.0 Å². The van der Waals surface area contributed by atoms with Crippen LogP contribution in [-0.4, -0.2) is 29.5 Å². The van der Waals surface area contributed by atoms with E-state index in [1.165, 1.54) is 16.2 Å². The van der Waals surface area contributed by atoms with Gasteiger partial charge in [-0.2, -0.15) is 0 Å². The van der Waals surface area contributed by atoms with Gasteiger partial charge in [0.2, 0.25) is 0 Å². The molecule has 1 saturated heterocycles. The smallest absolute Gasteiger partial charge is 0.270 e. The van der Waals surface area contributed by atoms with Gasteiger partial charge in [0.25, 0.3) is 11.8 Å². The summed E-state index contributed by atoms with van der Waals surface area (Å²) in [7, 11) is 2.12. The average molecular weight is 448 g/mol. The SMILES string of the molecule is CCc1ccccc1N1C(=O)/C(=C/c2ccc3c(c2)[C@H](C)CC(C)(C)N3C)C(=O)NC1=S. The third-order valence-corrected chi connectivity index (χ3v) is 6.97. The molecule has 1 fully saturated rings. The number of hydrogen-bond donors (Lipinski definition) is 1. The van der Waals surface area contributed by atoms with Crippen LogP contribution >= 0.6 is 12.2 Å². The minimum atomic E-state index is -0.464. The molecule has 4 rings (SSSR count). The van der Waals surface area contributed by atoms with Crippen LogP contribution in [0.3, 0.4) is 0 Å². The lowest BCUT2D eigenvalue weighted by Gasteiger charge is -2.45.